The number of carboxylic acids is 1. The summed E-state index contributed by atoms with van der Waals surface area (Å²) in [5, 5.41) is 22.8. The van der Waals surface area contributed by atoms with E-state index in [9.17, 15) is 19.8 Å². The molecule has 6 rings (SSSR count). The predicted molar refractivity (Wildman–Crippen MR) is 164 cm³/mol. The van der Waals surface area contributed by atoms with Crippen molar-refractivity contribution in [3.63, 3.8) is 0 Å². The van der Waals surface area contributed by atoms with Crippen LogP contribution < -0.4 is 4.74 Å². The van der Waals surface area contributed by atoms with Crippen LogP contribution >= 0.6 is 0 Å². The first-order chi connectivity index (χ1) is 20.4. The zero-order chi connectivity index (χ0) is 29.3. The lowest BCUT2D eigenvalue weighted by Crippen LogP contribution is -2.76. The van der Waals surface area contributed by atoms with Crippen LogP contribution in [0, 0.1) is 5.92 Å². The van der Waals surface area contributed by atoms with Gasteiger partial charge in [0.25, 0.3) is 0 Å². The Labute approximate surface area is 251 Å². The summed E-state index contributed by atoms with van der Waals surface area (Å²) in [6, 6.07) is 4.03. The van der Waals surface area contributed by atoms with Crippen LogP contribution in [-0.4, -0.2) is 57.7 Å². The topological polar surface area (TPSA) is 87.1 Å². The summed E-state index contributed by atoms with van der Waals surface area (Å²) >= 11 is 0. The smallest absolute Gasteiger partial charge is 0.311 e. The van der Waals surface area contributed by atoms with E-state index in [4.69, 9.17) is 4.74 Å². The summed E-state index contributed by atoms with van der Waals surface area (Å²) in [5.74, 6) is -0.142. The number of hydrogen-bond donors (Lipinski definition) is 2. The molecule has 2 heterocycles. The minimum atomic E-state index is -1.02. The van der Waals surface area contributed by atoms with E-state index in [0.29, 0.717) is 37.0 Å². The van der Waals surface area contributed by atoms with Crippen molar-refractivity contribution < 1.29 is 24.5 Å². The van der Waals surface area contributed by atoms with Crippen LogP contribution in [0.3, 0.4) is 0 Å². The van der Waals surface area contributed by atoms with Crippen LogP contribution in [0.2, 0.25) is 0 Å². The lowest BCUT2D eigenvalue weighted by atomic mass is 9.49. The van der Waals surface area contributed by atoms with Crippen molar-refractivity contribution in [2.75, 3.05) is 13.1 Å². The summed E-state index contributed by atoms with van der Waals surface area (Å²) in [4.78, 5) is 28.5. The van der Waals surface area contributed by atoms with Crippen LogP contribution in [-0.2, 0) is 21.4 Å². The highest BCUT2D eigenvalue weighted by atomic mass is 16.5. The van der Waals surface area contributed by atoms with Gasteiger partial charge in [0.15, 0.2) is 11.9 Å². The van der Waals surface area contributed by atoms with Crippen LogP contribution in [0.15, 0.2) is 24.3 Å². The molecule has 2 unspecified atom stereocenters. The average molecular weight is 578 g/mol. The number of aliphatic carboxylic acids is 1. The Morgan fingerprint density at radius 1 is 1.07 bits per heavy atom. The Hall–Kier alpha value is -2.18. The average Bonchev–Trinajstić information content (AvgIpc) is 3.72. The van der Waals surface area contributed by atoms with Gasteiger partial charge in [0.1, 0.15) is 5.75 Å². The highest BCUT2D eigenvalue weighted by molar-refractivity contribution is 5.90. The van der Waals surface area contributed by atoms with Gasteiger partial charge in [-0.25, -0.2) is 0 Å². The molecule has 2 saturated carbocycles. The van der Waals surface area contributed by atoms with Gasteiger partial charge in [-0.2, -0.15) is 0 Å². The van der Waals surface area contributed by atoms with Gasteiger partial charge in [-0.1, -0.05) is 69.7 Å². The van der Waals surface area contributed by atoms with Gasteiger partial charge in [0.05, 0.1) is 16.9 Å². The van der Waals surface area contributed by atoms with Crippen molar-refractivity contribution in [2.24, 2.45) is 5.92 Å². The molecule has 230 valence electrons. The molecule has 1 aromatic rings. The number of benzene rings is 1. The Balaban J connectivity index is 1.15. The quantitative estimate of drug-likeness (QED) is 0.165. The number of hydrogen-bond acceptors (Lipinski definition) is 5. The molecule has 6 heteroatoms. The lowest BCUT2D eigenvalue weighted by Gasteiger charge is -2.62. The molecular formula is C36H51NO5. The number of ether oxygens (including phenoxy) is 1. The number of carbonyl (C=O) groups excluding carboxylic acids is 1. The zero-order valence-electron chi connectivity index (χ0n) is 25.6. The molecule has 42 heavy (non-hydrogen) atoms. The maximum atomic E-state index is 13.4. The van der Waals surface area contributed by atoms with Crippen molar-refractivity contribution in [2.45, 2.75) is 145 Å². The maximum Gasteiger partial charge on any atom is 0.311 e. The van der Waals surface area contributed by atoms with E-state index in [0.717, 1.165) is 55.8 Å². The van der Waals surface area contributed by atoms with E-state index in [1.54, 1.807) is 0 Å². The summed E-state index contributed by atoms with van der Waals surface area (Å²) < 4.78 is 6.55. The van der Waals surface area contributed by atoms with Crippen LogP contribution in [0.25, 0.3) is 0 Å². The molecule has 0 radical (unpaired) electrons. The number of piperidine rings is 1. The summed E-state index contributed by atoms with van der Waals surface area (Å²) in [5.41, 5.74) is 1.01. The molecule has 0 aromatic heterocycles. The van der Waals surface area contributed by atoms with E-state index < -0.39 is 29.0 Å². The standard InChI is InChI=1S/C36H51NO5/c1-2-3-4-5-6-7-8-9-10-11-12-13-14-28(34(39)40)27-18-17-26-23-30-36(41)20-19-29(38)33-35(36,31(26)32(27)42-33)21-22-37(30)24-25-15-16-25/h10-11,17-18,25,28,30,33,41H,2-9,12-16,19-24H2,1H3,(H,39,40)/b11-10-/t28?,30?,33-,35-,36+/m0/s1. The van der Waals surface area contributed by atoms with Gasteiger partial charge in [-0.05, 0) is 82.2 Å². The number of carboxylic acid groups (broad SMARTS) is 1. The van der Waals surface area contributed by atoms with Crippen molar-refractivity contribution >= 4 is 11.8 Å². The minimum absolute atomic E-state index is 0.0153. The van der Waals surface area contributed by atoms with Gasteiger partial charge < -0.3 is 14.9 Å². The lowest BCUT2D eigenvalue weighted by molar-refractivity contribution is -0.188. The molecule has 0 amide bonds. The SMILES string of the molecule is CCCCCCCCC/C=C\CCCC(C(=O)O)c1ccc2c3c1O[C@H]1C(=O)CC[C@@]4(O)C(C2)N(CC2CC2)CC[C@]314. The number of unbranched alkanes of at least 4 members (excludes halogenated alkanes) is 8. The number of rotatable bonds is 16. The number of aliphatic hydroxyl groups is 1. The van der Waals surface area contributed by atoms with Crippen molar-refractivity contribution in [1.82, 2.24) is 4.90 Å². The molecule has 2 bridgehead atoms. The zero-order valence-corrected chi connectivity index (χ0v) is 25.6. The van der Waals surface area contributed by atoms with Gasteiger partial charge in [-0.15, -0.1) is 0 Å². The Bertz CT molecular complexity index is 1190. The second-order valence-electron chi connectivity index (χ2n) is 14.0. The Morgan fingerprint density at radius 2 is 1.81 bits per heavy atom. The molecule has 5 atom stereocenters. The van der Waals surface area contributed by atoms with Crippen LogP contribution in [0.1, 0.15) is 132 Å². The van der Waals surface area contributed by atoms with E-state index in [1.165, 1.54) is 57.8 Å². The summed E-state index contributed by atoms with van der Waals surface area (Å²) in [6.07, 6.45) is 21.0. The fourth-order valence-electron chi connectivity index (χ4n) is 8.88. The molecular weight excluding hydrogens is 526 g/mol. The Morgan fingerprint density at radius 3 is 2.55 bits per heavy atom. The molecule has 2 aliphatic heterocycles. The van der Waals surface area contributed by atoms with Gasteiger partial charge >= 0.3 is 5.97 Å². The molecule has 1 spiro atoms. The molecule has 6 nitrogen and oxygen atoms in total. The van der Waals surface area contributed by atoms with Gasteiger partial charge in [-0.3, -0.25) is 14.5 Å². The second-order valence-corrected chi connectivity index (χ2v) is 14.0. The molecule has 1 aromatic carbocycles. The number of carbonyl (C=O) groups is 2. The number of ketones is 1. The maximum absolute atomic E-state index is 13.4. The van der Waals surface area contributed by atoms with Crippen molar-refractivity contribution in [3.8, 4) is 5.75 Å². The molecule has 1 saturated heterocycles. The second kappa shape index (κ2) is 12.4. The Kier molecular flexibility index (Phi) is 8.85. The number of nitrogens with zero attached hydrogens (tertiary/aromatic N) is 1. The van der Waals surface area contributed by atoms with E-state index >= 15 is 0 Å². The molecule has 3 aliphatic carbocycles. The largest absolute Gasteiger partial charge is 0.481 e. The predicted octanol–water partition coefficient (Wildman–Crippen LogP) is 6.86. The minimum Gasteiger partial charge on any atom is -0.481 e. The first kappa shape index (κ1) is 29.9. The third-order valence-corrected chi connectivity index (χ3v) is 11.3. The monoisotopic (exact) mass is 577 g/mol. The molecule has 5 aliphatic rings. The fraction of sp³-hybridized carbons (Fsp3) is 0.722. The summed E-state index contributed by atoms with van der Waals surface area (Å²) in [7, 11) is 0. The van der Waals surface area contributed by atoms with Gasteiger partial charge in [0, 0.05) is 30.1 Å². The first-order valence-corrected chi connectivity index (χ1v) is 17.1. The third kappa shape index (κ3) is 5.25. The van der Waals surface area contributed by atoms with Gasteiger partial charge in [0.2, 0.25) is 0 Å². The normalized spacial score (nSPS) is 30.4. The van der Waals surface area contributed by atoms with Crippen LogP contribution in [0.5, 0.6) is 5.75 Å². The third-order valence-electron chi connectivity index (χ3n) is 11.3. The highest BCUT2D eigenvalue weighted by Crippen LogP contribution is 2.64. The van der Waals surface area contributed by atoms with Crippen molar-refractivity contribution in [1.29, 1.82) is 0 Å². The number of allylic oxidation sites excluding steroid dienone is 2. The van der Waals surface area contributed by atoms with E-state index in [2.05, 4.69) is 30.0 Å². The fourth-order valence-corrected chi connectivity index (χ4v) is 8.88. The number of likely N-dealkylation sites (tertiary alicyclic amines) is 1. The number of Topliss-reactive ketones (excluding diaryl/α,β-unsaturated/α-hetero) is 1. The summed E-state index contributed by atoms with van der Waals surface area (Å²) in [6.45, 7) is 4.13. The van der Waals surface area contributed by atoms with Crippen LogP contribution in [0.4, 0.5) is 0 Å². The van der Waals surface area contributed by atoms with Crippen molar-refractivity contribution in [3.05, 3.63) is 41.0 Å². The molecule has 2 N–H and O–H groups in total. The first-order valence-electron chi connectivity index (χ1n) is 17.1. The van der Waals surface area contributed by atoms with E-state index in [1.807, 2.05) is 6.07 Å². The molecule has 3 fully saturated rings. The van der Waals surface area contributed by atoms with E-state index in [-0.39, 0.29) is 11.8 Å². The highest BCUT2D eigenvalue weighted by Gasteiger charge is 2.73.